The first-order valence-corrected chi connectivity index (χ1v) is 7.91. The van der Waals surface area contributed by atoms with Crippen molar-refractivity contribution in [2.24, 2.45) is 5.73 Å². The first-order chi connectivity index (χ1) is 9.33. The Kier molecular flexibility index (Phi) is 6.12. The molecule has 0 unspecified atom stereocenters. The van der Waals surface area contributed by atoms with Gasteiger partial charge in [0.2, 0.25) is 15.9 Å². The van der Waals surface area contributed by atoms with E-state index in [4.69, 9.17) is 5.73 Å². The maximum absolute atomic E-state index is 11.8. The second kappa shape index (κ2) is 7.37. The van der Waals surface area contributed by atoms with Crippen LogP contribution in [0.5, 0.6) is 0 Å². The van der Waals surface area contributed by atoms with Crippen LogP contribution in [0.2, 0.25) is 0 Å². The highest BCUT2D eigenvalue weighted by molar-refractivity contribution is 7.89. The monoisotopic (exact) mass is 299 g/mol. The molecule has 7 heteroatoms. The molecule has 0 aliphatic heterocycles. The summed E-state index contributed by atoms with van der Waals surface area (Å²) >= 11 is 0. The number of benzene rings is 1. The molecular formula is C13H21N3O3S. The minimum Gasteiger partial charge on any atom is -0.354 e. The van der Waals surface area contributed by atoms with Gasteiger partial charge in [-0.05, 0) is 12.0 Å². The lowest BCUT2D eigenvalue weighted by Crippen LogP contribution is -2.44. The lowest BCUT2D eigenvalue weighted by molar-refractivity contribution is -0.122. The third kappa shape index (κ3) is 5.28. The number of hydrogen-bond acceptors (Lipinski definition) is 4. The van der Waals surface area contributed by atoms with Gasteiger partial charge in [-0.25, -0.2) is 12.7 Å². The molecule has 0 radical (unpaired) electrons. The fourth-order valence-electron chi connectivity index (χ4n) is 1.58. The van der Waals surface area contributed by atoms with Crippen LogP contribution < -0.4 is 11.1 Å². The SMILES string of the molecule is CN(C)S(=O)(=O)CCNC(=O)[C@@H](N)Cc1ccccc1. The predicted octanol–water partition coefficient (Wildman–Crippen LogP) is -0.436. The van der Waals surface area contributed by atoms with Crippen LogP contribution >= 0.6 is 0 Å². The van der Waals surface area contributed by atoms with E-state index >= 15 is 0 Å². The maximum atomic E-state index is 11.8. The van der Waals surface area contributed by atoms with E-state index < -0.39 is 16.1 Å². The molecule has 0 bridgehead atoms. The van der Waals surface area contributed by atoms with Gasteiger partial charge in [-0.2, -0.15) is 0 Å². The standard InChI is InChI=1S/C13H21N3O3S/c1-16(2)20(18,19)9-8-15-13(17)12(14)10-11-6-4-3-5-7-11/h3-7,12H,8-10,14H2,1-2H3,(H,15,17)/t12-/m0/s1. The van der Waals surface area contributed by atoms with Crippen molar-refractivity contribution >= 4 is 15.9 Å². The number of carbonyl (C=O) groups excluding carboxylic acids is 1. The van der Waals surface area contributed by atoms with Crippen LogP contribution in [-0.2, 0) is 21.2 Å². The predicted molar refractivity (Wildman–Crippen MR) is 78.6 cm³/mol. The molecule has 3 N–H and O–H groups in total. The molecule has 1 rings (SSSR count). The number of nitrogens with two attached hydrogens (primary N) is 1. The Morgan fingerprint density at radius 2 is 1.90 bits per heavy atom. The minimum atomic E-state index is -3.30. The van der Waals surface area contributed by atoms with Crippen LogP contribution in [0.1, 0.15) is 5.56 Å². The highest BCUT2D eigenvalue weighted by Crippen LogP contribution is 2.01. The summed E-state index contributed by atoms with van der Waals surface area (Å²) in [4.78, 5) is 11.8. The first-order valence-electron chi connectivity index (χ1n) is 6.30. The van der Waals surface area contributed by atoms with E-state index in [9.17, 15) is 13.2 Å². The Bertz CT molecular complexity index is 529. The van der Waals surface area contributed by atoms with Gasteiger partial charge in [0.25, 0.3) is 0 Å². The molecule has 0 saturated heterocycles. The number of amides is 1. The number of sulfonamides is 1. The molecule has 20 heavy (non-hydrogen) atoms. The summed E-state index contributed by atoms with van der Waals surface area (Å²) in [5.41, 5.74) is 6.76. The molecule has 1 aromatic rings. The summed E-state index contributed by atoms with van der Waals surface area (Å²) in [6.45, 7) is 0.0574. The second-order valence-electron chi connectivity index (χ2n) is 4.69. The Hall–Kier alpha value is -1.44. The first kappa shape index (κ1) is 16.6. The third-order valence-electron chi connectivity index (χ3n) is 2.85. The van der Waals surface area contributed by atoms with Crippen molar-refractivity contribution in [1.29, 1.82) is 0 Å². The van der Waals surface area contributed by atoms with E-state index in [1.165, 1.54) is 14.1 Å². The van der Waals surface area contributed by atoms with E-state index in [0.29, 0.717) is 6.42 Å². The molecule has 0 aliphatic rings. The van der Waals surface area contributed by atoms with Crippen LogP contribution in [0.25, 0.3) is 0 Å². The molecule has 0 heterocycles. The van der Waals surface area contributed by atoms with Gasteiger partial charge >= 0.3 is 0 Å². The maximum Gasteiger partial charge on any atom is 0.237 e. The zero-order valence-electron chi connectivity index (χ0n) is 11.7. The normalized spacial score (nSPS) is 13.2. The van der Waals surface area contributed by atoms with Crippen LogP contribution in [0.15, 0.2) is 30.3 Å². The number of rotatable bonds is 7. The Labute approximate surface area is 120 Å². The molecular weight excluding hydrogens is 278 g/mol. The van der Waals surface area contributed by atoms with Crippen molar-refractivity contribution in [3.63, 3.8) is 0 Å². The van der Waals surface area contributed by atoms with E-state index in [1.54, 1.807) is 0 Å². The van der Waals surface area contributed by atoms with Gasteiger partial charge in [-0.1, -0.05) is 30.3 Å². The highest BCUT2D eigenvalue weighted by atomic mass is 32.2. The molecule has 1 atom stereocenters. The molecule has 1 amide bonds. The van der Waals surface area contributed by atoms with Gasteiger partial charge in [-0.3, -0.25) is 4.79 Å². The van der Waals surface area contributed by atoms with Crippen molar-refractivity contribution in [1.82, 2.24) is 9.62 Å². The molecule has 0 saturated carbocycles. The molecule has 0 spiro atoms. The summed E-state index contributed by atoms with van der Waals surface area (Å²) in [5, 5.41) is 2.54. The van der Waals surface area contributed by atoms with Gasteiger partial charge in [-0.15, -0.1) is 0 Å². The number of nitrogens with zero attached hydrogens (tertiary/aromatic N) is 1. The molecule has 6 nitrogen and oxygen atoms in total. The Balaban J connectivity index is 2.40. The largest absolute Gasteiger partial charge is 0.354 e. The van der Waals surface area contributed by atoms with Gasteiger partial charge in [0, 0.05) is 20.6 Å². The van der Waals surface area contributed by atoms with Crippen LogP contribution in [0.4, 0.5) is 0 Å². The molecule has 1 aromatic carbocycles. The topological polar surface area (TPSA) is 92.5 Å². The molecule has 0 fully saturated rings. The molecule has 0 aromatic heterocycles. The average molecular weight is 299 g/mol. The van der Waals surface area contributed by atoms with Crippen molar-refractivity contribution in [3.05, 3.63) is 35.9 Å². The van der Waals surface area contributed by atoms with Crippen LogP contribution in [-0.4, -0.2) is 51.1 Å². The van der Waals surface area contributed by atoms with Crippen molar-refractivity contribution in [2.75, 3.05) is 26.4 Å². The van der Waals surface area contributed by atoms with Crippen molar-refractivity contribution in [2.45, 2.75) is 12.5 Å². The van der Waals surface area contributed by atoms with Gasteiger partial charge in [0.1, 0.15) is 0 Å². The lowest BCUT2D eigenvalue weighted by atomic mass is 10.1. The number of hydrogen-bond donors (Lipinski definition) is 2. The summed E-state index contributed by atoms with van der Waals surface area (Å²) in [6.07, 6.45) is 0.424. The van der Waals surface area contributed by atoms with Crippen LogP contribution in [0, 0.1) is 0 Å². The fraction of sp³-hybridized carbons (Fsp3) is 0.462. The minimum absolute atomic E-state index is 0.0574. The average Bonchev–Trinajstić information content (AvgIpc) is 2.39. The smallest absolute Gasteiger partial charge is 0.237 e. The zero-order chi connectivity index (χ0) is 15.2. The fourth-order valence-corrected chi connectivity index (χ4v) is 2.30. The number of nitrogens with one attached hydrogen (secondary N) is 1. The molecule has 112 valence electrons. The van der Waals surface area contributed by atoms with Gasteiger partial charge in [0.15, 0.2) is 0 Å². The quantitative estimate of drug-likeness (QED) is 0.714. The van der Waals surface area contributed by atoms with Crippen molar-refractivity contribution in [3.8, 4) is 0 Å². The van der Waals surface area contributed by atoms with Crippen LogP contribution in [0.3, 0.4) is 0 Å². The summed E-state index contributed by atoms with van der Waals surface area (Å²) < 4.78 is 24.2. The van der Waals surface area contributed by atoms with E-state index in [2.05, 4.69) is 5.32 Å². The molecule has 0 aliphatic carbocycles. The lowest BCUT2D eigenvalue weighted by Gasteiger charge is -2.14. The second-order valence-corrected chi connectivity index (χ2v) is 6.99. The Morgan fingerprint density at radius 3 is 2.45 bits per heavy atom. The summed E-state index contributed by atoms with van der Waals surface area (Å²) in [7, 11) is -0.387. The summed E-state index contributed by atoms with van der Waals surface area (Å²) in [5.74, 6) is -0.480. The number of carbonyl (C=O) groups is 1. The van der Waals surface area contributed by atoms with E-state index in [1.807, 2.05) is 30.3 Å². The third-order valence-corrected chi connectivity index (χ3v) is 4.68. The van der Waals surface area contributed by atoms with Gasteiger partial charge < -0.3 is 11.1 Å². The summed E-state index contributed by atoms with van der Waals surface area (Å²) in [6, 6.07) is 8.75. The zero-order valence-corrected chi connectivity index (χ0v) is 12.6. The van der Waals surface area contributed by atoms with E-state index in [-0.39, 0.29) is 18.2 Å². The Morgan fingerprint density at radius 1 is 1.30 bits per heavy atom. The van der Waals surface area contributed by atoms with E-state index in [0.717, 1.165) is 9.87 Å². The van der Waals surface area contributed by atoms with Crippen molar-refractivity contribution < 1.29 is 13.2 Å². The highest BCUT2D eigenvalue weighted by Gasteiger charge is 2.16. The van der Waals surface area contributed by atoms with Gasteiger partial charge in [0.05, 0.1) is 11.8 Å².